The highest BCUT2D eigenvalue weighted by Gasteiger charge is 2.18. The van der Waals surface area contributed by atoms with Gasteiger partial charge >= 0.3 is 0 Å². The van der Waals surface area contributed by atoms with Gasteiger partial charge in [0.2, 0.25) is 0 Å². The number of Topliss-reactive ketones (excluding diaryl/α,β-unsaturated/α-hetero) is 1. The summed E-state index contributed by atoms with van der Waals surface area (Å²) < 4.78 is 0. The summed E-state index contributed by atoms with van der Waals surface area (Å²) in [6.07, 6.45) is 2.26. The molecule has 0 unspecified atom stereocenters. The van der Waals surface area contributed by atoms with Crippen LogP contribution < -0.4 is 4.90 Å². The molecule has 0 aliphatic carbocycles. The number of aromatic nitrogens is 1. The molecule has 3 nitrogen and oxygen atoms in total. The maximum atomic E-state index is 11.4. The number of fused-ring (bicyclic) bond motifs is 1. The number of pyridine rings is 1. The van der Waals surface area contributed by atoms with Crippen LogP contribution in [0.2, 0.25) is 0 Å². The Morgan fingerprint density at radius 2 is 1.95 bits per heavy atom. The molecule has 2 aromatic rings. The third-order valence-corrected chi connectivity index (χ3v) is 3.77. The van der Waals surface area contributed by atoms with Crippen LogP contribution in [0.1, 0.15) is 25.5 Å². The van der Waals surface area contributed by atoms with Gasteiger partial charge in [-0.1, -0.05) is 25.1 Å². The summed E-state index contributed by atoms with van der Waals surface area (Å²) in [6.45, 7) is 3.78. The molecule has 0 N–H and O–H groups in total. The van der Waals surface area contributed by atoms with Crippen LogP contribution >= 0.6 is 0 Å². The second-order valence-corrected chi connectivity index (χ2v) is 5.03. The molecule has 0 radical (unpaired) electrons. The van der Waals surface area contributed by atoms with Crippen molar-refractivity contribution >= 4 is 22.4 Å². The Bertz CT molecular complexity index is 611. The zero-order valence-corrected chi connectivity index (χ0v) is 11.2. The van der Waals surface area contributed by atoms with Crippen molar-refractivity contribution in [2.75, 3.05) is 18.0 Å². The number of anilines is 1. The molecule has 1 aromatic carbocycles. The number of carbonyl (C=O) groups excluding carboxylic acids is 1. The van der Waals surface area contributed by atoms with E-state index >= 15 is 0 Å². The highest BCUT2D eigenvalue weighted by atomic mass is 16.1. The number of nitrogens with zero attached hydrogens (tertiary/aromatic N) is 2. The van der Waals surface area contributed by atoms with E-state index < -0.39 is 0 Å². The first-order valence-corrected chi connectivity index (χ1v) is 6.93. The van der Waals surface area contributed by atoms with E-state index in [1.54, 1.807) is 0 Å². The van der Waals surface area contributed by atoms with Crippen molar-refractivity contribution in [2.24, 2.45) is 0 Å². The minimum absolute atomic E-state index is 0.380. The number of piperidine rings is 1. The standard InChI is InChI=1S/C16H18N2O/c1-2-12-11-16(18-9-7-13(19)8-10-18)14-5-3-4-6-15(14)17-12/h3-6,11H,2,7-10H2,1H3. The van der Waals surface area contributed by atoms with Gasteiger partial charge in [-0.15, -0.1) is 0 Å². The van der Waals surface area contributed by atoms with E-state index in [-0.39, 0.29) is 0 Å². The summed E-state index contributed by atoms with van der Waals surface area (Å²) in [6, 6.07) is 10.4. The molecule has 1 aliphatic rings. The molecule has 1 saturated heterocycles. The minimum Gasteiger partial charge on any atom is -0.370 e. The molecule has 19 heavy (non-hydrogen) atoms. The Morgan fingerprint density at radius 1 is 1.21 bits per heavy atom. The smallest absolute Gasteiger partial charge is 0.136 e. The number of hydrogen-bond donors (Lipinski definition) is 0. The van der Waals surface area contributed by atoms with E-state index in [0.29, 0.717) is 18.6 Å². The first kappa shape index (κ1) is 12.2. The van der Waals surface area contributed by atoms with E-state index in [1.807, 2.05) is 12.1 Å². The van der Waals surface area contributed by atoms with E-state index in [2.05, 4.69) is 35.0 Å². The maximum Gasteiger partial charge on any atom is 0.136 e. The van der Waals surface area contributed by atoms with E-state index in [4.69, 9.17) is 0 Å². The number of rotatable bonds is 2. The largest absolute Gasteiger partial charge is 0.370 e. The quantitative estimate of drug-likeness (QED) is 0.826. The molecule has 0 bridgehead atoms. The second kappa shape index (κ2) is 5.00. The fourth-order valence-electron chi connectivity index (χ4n) is 2.65. The molecule has 3 heteroatoms. The molecule has 98 valence electrons. The Labute approximate surface area is 113 Å². The highest BCUT2D eigenvalue weighted by Crippen LogP contribution is 2.28. The lowest BCUT2D eigenvalue weighted by Gasteiger charge is -2.29. The Morgan fingerprint density at radius 3 is 2.68 bits per heavy atom. The average molecular weight is 254 g/mol. The molecule has 1 aliphatic heterocycles. The summed E-state index contributed by atoms with van der Waals surface area (Å²) in [5.74, 6) is 0.380. The van der Waals surface area contributed by atoms with Crippen molar-refractivity contribution < 1.29 is 4.79 Å². The van der Waals surface area contributed by atoms with Crippen LogP contribution in [0.15, 0.2) is 30.3 Å². The van der Waals surface area contributed by atoms with Gasteiger partial charge in [-0.3, -0.25) is 9.78 Å². The summed E-state index contributed by atoms with van der Waals surface area (Å²) in [7, 11) is 0. The first-order chi connectivity index (χ1) is 9.28. The SMILES string of the molecule is CCc1cc(N2CCC(=O)CC2)c2ccccc2n1. The molecule has 3 rings (SSSR count). The fourth-order valence-corrected chi connectivity index (χ4v) is 2.65. The van der Waals surface area contributed by atoms with Crippen molar-refractivity contribution in [3.05, 3.63) is 36.0 Å². The topological polar surface area (TPSA) is 33.2 Å². The van der Waals surface area contributed by atoms with Gasteiger partial charge in [-0.05, 0) is 18.6 Å². The van der Waals surface area contributed by atoms with Crippen molar-refractivity contribution in [3.63, 3.8) is 0 Å². The third-order valence-electron chi connectivity index (χ3n) is 3.77. The summed E-state index contributed by atoms with van der Waals surface area (Å²) >= 11 is 0. The van der Waals surface area contributed by atoms with Crippen LogP contribution in [-0.4, -0.2) is 23.9 Å². The molecular formula is C16H18N2O. The third kappa shape index (κ3) is 2.33. The lowest BCUT2D eigenvalue weighted by Crippen LogP contribution is -2.33. The van der Waals surface area contributed by atoms with Crippen LogP contribution in [-0.2, 0) is 11.2 Å². The lowest BCUT2D eigenvalue weighted by molar-refractivity contribution is -0.119. The van der Waals surface area contributed by atoms with Gasteiger partial charge in [0, 0.05) is 42.7 Å². The lowest BCUT2D eigenvalue weighted by atomic mass is 10.1. The number of ketones is 1. The predicted molar refractivity (Wildman–Crippen MR) is 77.6 cm³/mol. The summed E-state index contributed by atoms with van der Waals surface area (Å²) in [5.41, 5.74) is 3.40. The minimum atomic E-state index is 0.380. The molecule has 1 aromatic heterocycles. The number of carbonyl (C=O) groups is 1. The van der Waals surface area contributed by atoms with Crippen molar-refractivity contribution in [3.8, 4) is 0 Å². The Hall–Kier alpha value is -1.90. The Kier molecular flexibility index (Phi) is 3.20. The number of para-hydroxylation sites is 1. The van der Waals surface area contributed by atoms with Crippen molar-refractivity contribution in [1.29, 1.82) is 0 Å². The fraction of sp³-hybridized carbons (Fsp3) is 0.375. The Balaban J connectivity index is 2.08. The molecule has 0 amide bonds. The number of aryl methyl sites for hydroxylation is 1. The van der Waals surface area contributed by atoms with Crippen molar-refractivity contribution in [1.82, 2.24) is 4.98 Å². The molecule has 0 saturated carbocycles. The summed E-state index contributed by atoms with van der Waals surface area (Å²) in [4.78, 5) is 18.4. The molecule has 2 heterocycles. The number of benzene rings is 1. The monoisotopic (exact) mass is 254 g/mol. The van der Waals surface area contributed by atoms with Gasteiger partial charge < -0.3 is 4.90 Å². The van der Waals surface area contributed by atoms with Crippen LogP contribution in [0, 0.1) is 0 Å². The van der Waals surface area contributed by atoms with Gasteiger partial charge in [0.15, 0.2) is 0 Å². The summed E-state index contributed by atoms with van der Waals surface area (Å²) in [5, 5.41) is 1.19. The predicted octanol–water partition coefficient (Wildman–Crippen LogP) is 2.97. The van der Waals surface area contributed by atoms with E-state index in [0.717, 1.165) is 30.7 Å². The molecule has 1 fully saturated rings. The van der Waals surface area contributed by atoms with Gasteiger partial charge in [-0.2, -0.15) is 0 Å². The zero-order chi connectivity index (χ0) is 13.2. The van der Waals surface area contributed by atoms with Crippen LogP contribution in [0.25, 0.3) is 10.9 Å². The van der Waals surface area contributed by atoms with Gasteiger partial charge in [0.25, 0.3) is 0 Å². The van der Waals surface area contributed by atoms with Crippen LogP contribution in [0.4, 0.5) is 5.69 Å². The maximum absolute atomic E-state index is 11.4. The second-order valence-electron chi connectivity index (χ2n) is 5.03. The number of hydrogen-bond acceptors (Lipinski definition) is 3. The van der Waals surface area contributed by atoms with Crippen LogP contribution in [0.3, 0.4) is 0 Å². The van der Waals surface area contributed by atoms with E-state index in [9.17, 15) is 4.79 Å². The van der Waals surface area contributed by atoms with Gasteiger partial charge in [0.05, 0.1) is 5.52 Å². The average Bonchev–Trinajstić information content (AvgIpc) is 2.47. The zero-order valence-electron chi connectivity index (χ0n) is 11.2. The first-order valence-electron chi connectivity index (χ1n) is 6.93. The highest BCUT2D eigenvalue weighted by molar-refractivity contribution is 5.93. The van der Waals surface area contributed by atoms with Crippen LogP contribution in [0.5, 0.6) is 0 Å². The normalized spacial score (nSPS) is 16.1. The van der Waals surface area contributed by atoms with Gasteiger partial charge in [0.1, 0.15) is 5.78 Å². The van der Waals surface area contributed by atoms with E-state index in [1.165, 1.54) is 11.1 Å². The molecular weight excluding hydrogens is 236 g/mol. The van der Waals surface area contributed by atoms with Gasteiger partial charge in [-0.25, -0.2) is 0 Å². The molecule has 0 spiro atoms. The van der Waals surface area contributed by atoms with Crippen molar-refractivity contribution in [2.45, 2.75) is 26.2 Å². The molecule has 0 atom stereocenters.